The Bertz CT molecular complexity index is 804. The third kappa shape index (κ3) is 4.48. The van der Waals surface area contributed by atoms with Gasteiger partial charge in [0.25, 0.3) is 11.1 Å². The molecule has 0 aliphatic carbocycles. The lowest BCUT2D eigenvalue weighted by molar-refractivity contribution is -0.135. The van der Waals surface area contributed by atoms with Gasteiger partial charge in [0.15, 0.2) is 11.5 Å². The minimum absolute atomic E-state index is 0.0735. The molecule has 0 bridgehead atoms. The molecule has 2 aliphatic heterocycles. The van der Waals surface area contributed by atoms with Gasteiger partial charge < -0.3 is 19.1 Å². The van der Waals surface area contributed by atoms with Crippen molar-refractivity contribution in [3.63, 3.8) is 0 Å². The lowest BCUT2D eigenvalue weighted by Crippen LogP contribution is -2.42. The second kappa shape index (κ2) is 9.11. The van der Waals surface area contributed by atoms with Crippen LogP contribution < -0.4 is 9.47 Å². The summed E-state index contributed by atoms with van der Waals surface area (Å²) in [6.45, 7) is 2.19. The molecule has 1 aromatic carbocycles. The van der Waals surface area contributed by atoms with Crippen molar-refractivity contribution in [2.75, 3.05) is 47.1 Å². The average molecular weight is 406 g/mol. The molecule has 28 heavy (non-hydrogen) atoms. The summed E-state index contributed by atoms with van der Waals surface area (Å²) < 4.78 is 15.7. The van der Waals surface area contributed by atoms with Crippen molar-refractivity contribution in [1.82, 2.24) is 9.80 Å². The summed E-state index contributed by atoms with van der Waals surface area (Å²) in [4.78, 5) is 40.2. The van der Waals surface area contributed by atoms with Crippen molar-refractivity contribution in [3.8, 4) is 11.5 Å². The number of hydrogen-bond acceptors (Lipinski definition) is 7. The Hall–Kier alpha value is -2.52. The first kappa shape index (κ1) is 20.2. The topological polar surface area (TPSA) is 85.4 Å². The number of carbonyl (C=O) groups is 3. The smallest absolute Gasteiger partial charge is 0.293 e. The van der Waals surface area contributed by atoms with Crippen molar-refractivity contribution in [2.24, 2.45) is 0 Å². The van der Waals surface area contributed by atoms with Crippen LogP contribution in [0.15, 0.2) is 23.1 Å². The van der Waals surface area contributed by atoms with E-state index in [1.54, 1.807) is 36.3 Å². The number of hydrogen-bond donors (Lipinski definition) is 0. The molecule has 0 spiro atoms. The maximum atomic E-state index is 12.6. The van der Waals surface area contributed by atoms with Crippen molar-refractivity contribution in [2.45, 2.75) is 6.42 Å². The van der Waals surface area contributed by atoms with Gasteiger partial charge in [-0.3, -0.25) is 19.3 Å². The average Bonchev–Trinajstić information content (AvgIpc) is 2.99. The van der Waals surface area contributed by atoms with Crippen LogP contribution in [-0.2, 0) is 14.3 Å². The zero-order valence-electron chi connectivity index (χ0n) is 15.8. The van der Waals surface area contributed by atoms with E-state index in [2.05, 4.69) is 0 Å². The van der Waals surface area contributed by atoms with Gasteiger partial charge in [-0.2, -0.15) is 0 Å². The predicted octanol–water partition coefficient (Wildman–Crippen LogP) is 1.99. The fourth-order valence-corrected chi connectivity index (χ4v) is 3.83. The van der Waals surface area contributed by atoms with Crippen molar-refractivity contribution in [1.29, 1.82) is 0 Å². The van der Waals surface area contributed by atoms with Gasteiger partial charge in [0.2, 0.25) is 5.91 Å². The molecule has 8 nitrogen and oxygen atoms in total. The van der Waals surface area contributed by atoms with E-state index in [0.717, 1.165) is 16.7 Å². The monoisotopic (exact) mass is 406 g/mol. The summed E-state index contributed by atoms with van der Waals surface area (Å²) in [6.07, 6.45) is 1.75. The number of benzene rings is 1. The van der Waals surface area contributed by atoms with Gasteiger partial charge in [-0.1, -0.05) is 6.07 Å². The molecule has 0 unspecified atom stereocenters. The van der Waals surface area contributed by atoms with Crippen LogP contribution in [0.25, 0.3) is 6.08 Å². The van der Waals surface area contributed by atoms with Crippen molar-refractivity contribution >= 4 is 34.9 Å². The zero-order chi connectivity index (χ0) is 20.1. The summed E-state index contributed by atoms with van der Waals surface area (Å²) in [6, 6.07) is 5.24. The van der Waals surface area contributed by atoms with Gasteiger partial charge in [-0.15, -0.1) is 0 Å². The third-order valence-corrected chi connectivity index (χ3v) is 5.40. The zero-order valence-corrected chi connectivity index (χ0v) is 16.6. The summed E-state index contributed by atoms with van der Waals surface area (Å²) >= 11 is 0.869. The highest BCUT2D eigenvalue weighted by atomic mass is 32.2. The lowest BCUT2D eigenvalue weighted by Gasteiger charge is -2.27. The first-order valence-electron chi connectivity index (χ1n) is 8.86. The van der Waals surface area contributed by atoms with Gasteiger partial charge in [0.1, 0.15) is 0 Å². The van der Waals surface area contributed by atoms with Crippen LogP contribution in [0.2, 0.25) is 0 Å². The molecule has 0 radical (unpaired) electrons. The van der Waals surface area contributed by atoms with E-state index in [1.165, 1.54) is 7.11 Å². The van der Waals surface area contributed by atoms with E-state index >= 15 is 0 Å². The Labute approximate surface area is 167 Å². The maximum absolute atomic E-state index is 12.6. The highest BCUT2D eigenvalue weighted by Crippen LogP contribution is 2.34. The van der Waals surface area contributed by atoms with E-state index in [9.17, 15) is 14.4 Å². The second-order valence-electron chi connectivity index (χ2n) is 6.19. The Kier molecular flexibility index (Phi) is 6.58. The van der Waals surface area contributed by atoms with Gasteiger partial charge in [0.05, 0.1) is 32.3 Å². The van der Waals surface area contributed by atoms with Crippen LogP contribution in [0, 0.1) is 0 Å². The minimum atomic E-state index is -0.389. The van der Waals surface area contributed by atoms with Crippen LogP contribution in [0.1, 0.15) is 12.0 Å². The quantitative estimate of drug-likeness (QED) is 0.668. The van der Waals surface area contributed by atoms with Crippen molar-refractivity contribution in [3.05, 3.63) is 28.7 Å². The van der Waals surface area contributed by atoms with Crippen LogP contribution in [0.3, 0.4) is 0 Å². The summed E-state index contributed by atoms with van der Waals surface area (Å²) in [7, 11) is 3.07. The first-order chi connectivity index (χ1) is 13.5. The van der Waals surface area contributed by atoms with Gasteiger partial charge in [-0.05, 0) is 35.5 Å². The number of amides is 3. The van der Waals surface area contributed by atoms with E-state index in [1.807, 2.05) is 0 Å². The molecule has 0 aromatic heterocycles. The lowest BCUT2D eigenvalue weighted by atomic mass is 10.2. The number of methoxy groups -OCH3 is 2. The molecule has 0 N–H and O–H groups in total. The van der Waals surface area contributed by atoms with Crippen molar-refractivity contribution < 1.29 is 28.6 Å². The highest BCUT2D eigenvalue weighted by molar-refractivity contribution is 8.18. The van der Waals surface area contributed by atoms with E-state index in [0.29, 0.717) is 48.3 Å². The maximum Gasteiger partial charge on any atom is 0.293 e. The molecule has 2 aliphatic rings. The number of nitrogens with zero attached hydrogens (tertiary/aromatic N) is 2. The SMILES string of the molecule is COc1ccc(/C=C2/SC(=O)N(CCC(=O)N3CCOCC3)C2=O)cc1OC. The highest BCUT2D eigenvalue weighted by Gasteiger charge is 2.35. The first-order valence-corrected chi connectivity index (χ1v) is 9.68. The standard InChI is InChI=1S/C19H22N2O6S/c1-25-14-4-3-13(11-15(14)26-2)12-16-18(23)21(19(24)28-16)6-5-17(22)20-7-9-27-10-8-20/h3-4,11-12H,5-10H2,1-2H3/b16-12+. The molecule has 1 aromatic rings. The van der Waals surface area contributed by atoms with Crippen LogP contribution in [0.5, 0.6) is 11.5 Å². The van der Waals surface area contributed by atoms with Crippen LogP contribution in [-0.4, -0.2) is 73.9 Å². The number of morpholine rings is 1. The molecule has 9 heteroatoms. The van der Waals surface area contributed by atoms with Gasteiger partial charge >= 0.3 is 0 Å². The van der Waals surface area contributed by atoms with E-state index < -0.39 is 0 Å². The molecule has 0 saturated carbocycles. The Morgan fingerprint density at radius 2 is 1.89 bits per heavy atom. The predicted molar refractivity (Wildman–Crippen MR) is 104 cm³/mol. The summed E-state index contributed by atoms with van der Waals surface area (Å²) in [5.74, 6) is 0.645. The normalized spacial score (nSPS) is 18.7. The summed E-state index contributed by atoms with van der Waals surface area (Å²) in [5, 5.41) is -0.369. The molecule has 2 fully saturated rings. The van der Waals surface area contributed by atoms with E-state index in [4.69, 9.17) is 14.2 Å². The van der Waals surface area contributed by atoms with Gasteiger partial charge in [0, 0.05) is 26.1 Å². The molecule has 2 saturated heterocycles. The molecular weight excluding hydrogens is 384 g/mol. The Balaban J connectivity index is 1.66. The fourth-order valence-electron chi connectivity index (χ4n) is 2.97. The molecule has 0 atom stereocenters. The number of rotatable bonds is 6. The second-order valence-corrected chi connectivity index (χ2v) is 7.18. The molecule has 3 amide bonds. The molecule has 3 rings (SSSR count). The third-order valence-electron chi connectivity index (χ3n) is 4.49. The molecular formula is C19H22N2O6S. The Morgan fingerprint density at radius 1 is 1.18 bits per heavy atom. The Morgan fingerprint density at radius 3 is 2.57 bits per heavy atom. The fraction of sp³-hybridized carbons (Fsp3) is 0.421. The van der Waals surface area contributed by atoms with Crippen LogP contribution >= 0.6 is 11.8 Å². The number of ether oxygens (including phenoxy) is 3. The minimum Gasteiger partial charge on any atom is -0.493 e. The number of carbonyl (C=O) groups excluding carboxylic acids is 3. The number of imide groups is 1. The molecule has 150 valence electrons. The number of thioether (sulfide) groups is 1. The van der Waals surface area contributed by atoms with Crippen LogP contribution in [0.4, 0.5) is 4.79 Å². The largest absolute Gasteiger partial charge is 0.493 e. The summed E-state index contributed by atoms with van der Waals surface area (Å²) in [5.41, 5.74) is 0.715. The molecule has 2 heterocycles. The van der Waals surface area contributed by atoms with E-state index in [-0.39, 0.29) is 30.0 Å². The van der Waals surface area contributed by atoms with Gasteiger partial charge in [-0.25, -0.2) is 0 Å².